The molecule has 236 valence electrons. The second-order valence-electron chi connectivity index (χ2n) is 15.8. The molecule has 0 N–H and O–H groups in total. The van der Waals surface area contributed by atoms with Gasteiger partial charge in [-0.3, -0.25) is 4.79 Å². The Labute approximate surface area is 258 Å². The monoisotopic (exact) mass is 614 g/mol. The van der Waals surface area contributed by atoms with Gasteiger partial charge in [0.1, 0.15) is 12.5 Å². The molecule has 0 bridgehead atoms. The maximum Gasteiger partial charge on any atom is 0.189 e. The third-order valence-electron chi connectivity index (χ3n) is 10.3. The molecule has 0 aliphatic heterocycles. The summed E-state index contributed by atoms with van der Waals surface area (Å²) in [6.45, 7) is 22.7. The number of ketones is 1. The Kier molecular flexibility index (Phi) is 11.4. The van der Waals surface area contributed by atoms with Crippen molar-refractivity contribution in [3.05, 3.63) is 42.0 Å². The van der Waals surface area contributed by atoms with E-state index in [9.17, 15) is 4.79 Å². The fourth-order valence-corrected chi connectivity index (χ4v) is 9.31. The zero-order valence-electron chi connectivity index (χ0n) is 27.6. The van der Waals surface area contributed by atoms with Gasteiger partial charge in [0.15, 0.2) is 12.6 Å². The molecule has 1 aromatic rings. The van der Waals surface area contributed by atoms with Gasteiger partial charge < -0.3 is 18.9 Å². The lowest BCUT2D eigenvalue weighted by atomic mass is 9.51. The number of benzene rings is 1. The van der Waals surface area contributed by atoms with Crippen LogP contribution < -0.4 is 4.74 Å². The molecule has 0 spiro atoms. The van der Waals surface area contributed by atoms with Crippen LogP contribution in [0.3, 0.4) is 0 Å². The third kappa shape index (κ3) is 8.26. The highest BCUT2D eigenvalue weighted by Gasteiger charge is 2.58. The minimum atomic E-state index is -1.13. The maximum atomic E-state index is 14.2. The van der Waals surface area contributed by atoms with Gasteiger partial charge >= 0.3 is 0 Å². The van der Waals surface area contributed by atoms with Crippen molar-refractivity contribution in [1.82, 2.24) is 0 Å². The zero-order valence-corrected chi connectivity index (χ0v) is 29.6. The van der Waals surface area contributed by atoms with Crippen LogP contribution in [0.4, 0.5) is 0 Å². The highest BCUT2D eigenvalue weighted by Crippen LogP contribution is 2.63. The second kappa shape index (κ2) is 14.2. The zero-order chi connectivity index (χ0) is 30.5. The predicted octanol–water partition coefficient (Wildman–Crippen LogP) is 9.15. The number of fused-ring (bicyclic) bond motifs is 5. The molecule has 6 atom stereocenters. The topological polar surface area (TPSA) is 54.0 Å². The van der Waals surface area contributed by atoms with E-state index in [0.29, 0.717) is 30.3 Å². The standard InChI is InChI=1S/C35H58O5Si2/c1-9-10-11-12-29-33-28(17-18-35(2)31(33)15-16-32(35)40-25-38-20-22-42(6,7)8)27-14-13-26(23-30(27)34(29)36)39-24-37-19-21-41(3,4)5/h9,13-14,23,28-29,31-33H,1,10-12,15-22,24-25H2,2-8H3/t28-,29+,31+,32+,33+,35+/m1/s1. The minimum absolute atomic E-state index is 0.0436. The van der Waals surface area contributed by atoms with Crippen LogP contribution in [-0.4, -0.2) is 54.8 Å². The molecule has 4 rings (SSSR count). The summed E-state index contributed by atoms with van der Waals surface area (Å²) in [5, 5.41) is 0. The van der Waals surface area contributed by atoms with Crippen molar-refractivity contribution in [1.29, 1.82) is 0 Å². The van der Waals surface area contributed by atoms with Crippen molar-refractivity contribution in [2.75, 3.05) is 26.8 Å². The van der Waals surface area contributed by atoms with E-state index in [1.54, 1.807) is 0 Å². The third-order valence-corrected chi connectivity index (χ3v) is 13.7. The molecule has 7 heteroatoms. The van der Waals surface area contributed by atoms with Crippen LogP contribution in [0.25, 0.3) is 0 Å². The number of unbranched alkanes of at least 4 members (excludes halogenated alkanes) is 1. The molecule has 0 aromatic heterocycles. The van der Waals surface area contributed by atoms with E-state index in [-0.39, 0.29) is 24.2 Å². The highest BCUT2D eigenvalue weighted by molar-refractivity contribution is 6.76. The number of hydrogen-bond acceptors (Lipinski definition) is 5. The molecule has 0 saturated heterocycles. The molecule has 3 aliphatic rings. The van der Waals surface area contributed by atoms with E-state index in [1.807, 2.05) is 12.1 Å². The van der Waals surface area contributed by atoms with Gasteiger partial charge in [0, 0.05) is 40.8 Å². The molecule has 0 heterocycles. The molecule has 0 amide bonds. The smallest absolute Gasteiger partial charge is 0.189 e. The van der Waals surface area contributed by atoms with Gasteiger partial charge in [-0.15, -0.1) is 6.58 Å². The lowest BCUT2D eigenvalue weighted by Gasteiger charge is -2.53. The summed E-state index contributed by atoms with van der Waals surface area (Å²) in [6.07, 6.45) is 9.51. The maximum absolute atomic E-state index is 14.2. The number of rotatable bonds is 16. The SMILES string of the molecule is C=CCCC[C@@H]1C(=O)c2cc(OCOCC[Si](C)(C)C)ccc2[C@H]2CC[C@]3(C)[C@@H](OCOCC[Si](C)(C)C)CC[C@H]3[C@H]12. The highest BCUT2D eigenvalue weighted by atomic mass is 28.3. The average Bonchev–Trinajstić information content (AvgIpc) is 3.25. The molecule has 2 saturated carbocycles. The van der Waals surface area contributed by atoms with Crippen molar-refractivity contribution >= 4 is 21.9 Å². The molecule has 5 nitrogen and oxygen atoms in total. The average molecular weight is 615 g/mol. The summed E-state index contributed by atoms with van der Waals surface area (Å²) in [5.41, 5.74) is 2.20. The van der Waals surface area contributed by atoms with Crippen LogP contribution in [-0.2, 0) is 14.2 Å². The molecule has 1 aromatic carbocycles. The normalized spacial score (nSPS) is 29.1. The van der Waals surface area contributed by atoms with Gasteiger partial charge in [-0.25, -0.2) is 0 Å². The predicted molar refractivity (Wildman–Crippen MR) is 178 cm³/mol. The van der Waals surface area contributed by atoms with Crippen LogP contribution in [0.1, 0.15) is 73.7 Å². The van der Waals surface area contributed by atoms with Crippen molar-refractivity contribution < 1.29 is 23.7 Å². The first-order valence-electron chi connectivity index (χ1n) is 16.5. The Balaban J connectivity index is 1.47. The van der Waals surface area contributed by atoms with Crippen molar-refractivity contribution in [3.8, 4) is 5.75 Å². The summed E-state index contributed by atoms with van der Waals surface area (Å²) < 4.78 is 24.2. The van der Waals surface area contributed by atoms with Crippen molar-refractivity contribution in [3.63, 3.8) is 0 Å². The lowest BCUT2D eigenvalue weighted by Crippen LogP contribution is -2.49. The Morgan fingerprint density at radius 2 is 1.67 bits per heavy atom. The first-order chi connectivity index (χ1) is 19.8. The Bertz CT molecular complexity index is 1060. The van der Waals surface area contributed by atoms with Gasteiger partial charge in [-0.1, -0.05) is 58.3 Å². The van der Waals surface area contributed by atoms with Crippen LogP contribution in [0.5, 0.6) is 5.75 Å². The molecule has 42 heavy (non-hydrogen) atoms. The summed E-state index contributed by atoms with van der Waals surface area (Å²) in [4.78, 5) is 14.2. The molecule has 0 radical (unpaired) electrons. The summed E-state index contributed by atoms with van der Waals surface area (Å²) in [6, 6.07) is 8.51. The number of carbonyl (C=O) groups is 1. The number of hydrogen-bond donors (Lipinski definition) is 0. The second-order valence-corrected chi connectivity index (χ2v) is 27.1. The van der Waals surface area contributed by atoms with Crippen molar-refractivity contribution in [2.45, 2.75) is 115 Å². The number of Topliss-reactive ketones (excluding diaryl/α,β-unsaturated/α-hetero) is 1. The summed E-state index contributed by atoms with van der Waals surface area (Å²) in [5.74, 6) is 2.36. The van der Waals surface area contributed by atoms with Crippen LogP contribution >= 0.6 is 0 Å². The Morgan fingerprint density at radius 1 is 0.976 bits per heavy atom. The van der Waals surface area contributed by atoms with Crippen molar-refractivity contribution in [2.24, 2.45) is 23.2 Å². The van der Waals surface area contributed by atoms with Crippen LogP contribution in [0.2, 0.25) is 51.4 Å². The van der Waals surface area contributed by atoms with E-state index in [1.165, 1.54) is 5.56 Å². The van der Waals surface area contributed by atoms with E-state index >= 15 is 0 Å². The molecular formula is C35H58O5Si2. The van der Waals surface area contributed by atoms with Gasteiger partial charge in [0.2, 0.25) is 0 Å². The number of carbonyl (C=O) groups excluding carboxylic acids is 1. The minimum Gasteiger partial charge on any atom is -0.468 e. The van der Waals surface area contributed by atoms with Gasteiger partial charge in [0.05, 0.1) is 6.10 Å². The lowest BCUT2D eigenvalue weighted by molar-refractivity contribution is -0.135. The van der Waals surface area contributed by atoms with Crippen LogP contribution in [0.15, 0.2) is 30.9 Å². The van der Waals surface area contributed by atoms with E-state index in [2.05, 4.69) is 64.9 Å². The fraction of sp³-hybridized carbons (Fsp3) is 0.743. The largest absolute Gasteiger partial charge is 0.468 e. The Morgan fingerprint density at radius 3 is 2.33 bits per heavy atom. The molecule has 0 unspecified atom stereocenters. The van der Waals surface area contributed by atoms with Gasteiger partial charge in [-0.2, -0.15) is 0 Å². The summed E-state index contributed by atoms with van der Waals surface area (Å²) in [7, 11) is -2.24. The van der Waals surface area contributed by atoms with Gasteiger partial charge in [0.25, 0.3) is 0 Å². The molecule has 2 fully saturated rings. The van der Waals surface area contributed by atoms with E-state index in [4.69, 9.17) is 18.9 Å². The summed E-state index contributed by atoms with van der Waals surface area (Å²) >= 11 is 0. The Hall–Kier alpha value is -1.26. The molecular weight excluding hydrogens is 557 g/mol. The van der Waals surface area contributed by atoms with Crippen LogP contribution in [0, 0.1) is 23.2 Å². The number of ether oxygens (including phenoxy) is 4. The van der Waals surface area contributed by atoms with E-state index < -0.39 is 16.1 Å². The van der Waals surface area contributed by atoms with E-state index in [0.717, 1.165) is 81.6 Å². The first-order valence-corrected chi connectivity index (χ1v) is 23.9. The van der Waals surface area contributed by atoms with Gasteiger partial charge in [-0.05, 0) is 97.9 Å². The quantitative estimate of drug-likeness (QED) is 0.0804. The first kappa shape index (κ1) is 33.6. The fourth-order valence-electron chi connectivity index (χ4n) is 7.80. The number of allylic oxidation sites excluding steroid dienone is 1. The molecule has 3 aliphatic carbocycles.